The molecule has 3 nitrogen and oxygen atoms in total. The smallest absolute Gasteiger partial charge is 0.100 e. The van der Waals surface area contributed by atoms with Crippen molar-refractivity contribution in [2.75, 3.05) is 0 Å². The largest absolute Gasteiger partial charge is 0.350 e. The molecule has 22 heavy (non-hydrogen) atoms. The predicted molar refractivity (Wildman–Crippen MR) is 91.5 cm³/mol. The van der Waals surface area contributed by atoms with Crippen LogP contribution in [0, 0.1) is 0 Å². The van der Waals surface area contributed by atoms with Crippen LogP contribution in [0.4, 0.5) is 0 Å². The molecule has 3 rings (SSSR count). The first-order chi connectivity index (χ1) is 10.8. The van der Waals surface area contributed by atoms with Crippen molar-refractivity contribution in [2.24, 2.45) is 17.3 Å². The molecule has 3 heteroatoms. The van der Waals surface area contributed by atoms with Crippen LogP contribution in [-0.4, -0.2) is 16.5 Å². The van der Waals surface area contributed by atoms with Crippen molar-refractivity contribution in [3.8, 4) is 0 Å². The molecule has 2 aromatic carbocycles. The van der Waals surface area contributed by atoms with E-state index >= 15 is 0 Å². The van der Waals surface area contributed by atoms with E-state index in [-0.39, 0.29) is 0 Å². The molecule has 0 saturated heterocycles. The van der Waals surface area contributed by atoms with Crippen molar-refractivity contribution in [1.29, 1.82) is 0 Å². The monoisotopic (exact) mass is 287 g/mol. The number of benzene rings is 2. The van der Waals surface area contributed by atoms with Gasteiger partial charge in [0.2, 0.25) is 0 Å². The van der Waals surface area contributed by atoms with Crippen molar-refractivity contribution in [3.05, 3.63) is 95.8 Å². The van der Waals surface area contributed by atoms with Gasteiger partial charge in [-0.3, -0.25) is 0 Å². The number of rotatable bonds is 4. The van der Waals surface area contributed by atoms with Crippen LogP contribution in [0.3, 0.4) is 0 Å². The third-order valence-electron chi connectivity index (χ3n) is 3.43. The zero-order chi connectivity index (χ0) is 15.2. The predicted octanol–water partition coefficient (Wildman–Crippen LogP) is 3.90. The zero-order valence-corrected chi connectivity index (χ0v) is 12.4. The van der Waals surface area contributed by atoms with Gasteiger partial charge in [0.1, 0.15) is 5.71 Å². The van der Waals surface area contributed by atoms with Gasteiger partial charge in [0.15, 0.2) is 0 Å². The first-order valence-corrected chi connectivity index (χ1v) is 7.18. The van der Waals surface area contributed by atoms with Crippen molar-refractivity contribution in [1.82, 2.24) is 4.57 Å². The second kappa shape index (κ2) is 6.68. The van der Waals surface area contributed by atoms with Gasteiger partial charge in [-0.05, 0) is 12.1 Å². The highest BCUT2D eigenvalue weighted by atomic mass is 15.2. The molecule has 0 amide bonds. The molecule has 3 aromatic rings. The van der Waals surface area contributed by atoms with Gasteiger partial charge >= 0.3 is 0 Å². The number of aryl methyl sites for hydroxylation is 1. The van der Waals surface area contributed by atoms with Gasteiger partial charge in [-0.1, -0.05) is 60.7 Å². The van der Waals surface area contributed by atoms with Crippen LogP contribution in [-0.2, 0) is 7.05 Å². The highest BCUT2D eigenvalue weighted by Crippen LogP contribution is 2.11. The Hall–Kier alpha value is -2.94. The Labute approximate surface area is 130 Å². The molecular formula is C19H17N3. The minimum absolute atomic E-state index is 0.867. The Morgan fingerprint density at radius 2 is 1.41 bits per heavy atom. The van der Waals surface area contributed by atoms with E-state index in [2.05, 4.69) is 10.2 Å². The first kappa shape index (κ1) is 14.0. The van der Waals surface area contributed by atoms with Gasteiger partial charge in [-0.25, -0.2) is 0 Å². The van der Waals surface area contributed by atoms with Crippen LogP contribution in [0.15, 0.2) is 89.2 Å². The van der Waals surface area contributed by atoms with E-state index in [4.69, 9.17) is 0 Å². The lowest BCUT2D eigenvalue weighted by Gasteiger charge is -2.05. The quantitative estimate of drug-likeness (QED) is 0.514. The number of hydrogen-bond acceptors (Lipinski definition) is 2. The summed E-state index contributed by atoms with van der Waals surface area (Å²) in [6.07, 6.45) is 3.76. The van der Waals surface area contributed by atoms with E-state index in [0.717, 1.165) is 22.5 Å². The molecule has 1 heterocycles. The average molecular weight is 287 g/mol. The van der Waals surface area contributed by atoms with Crippen LogP contribution in [0.25, 0.3) is 0 Å². The Morgan fingerprint density at radius 1 is 0.818 bits per heavy atom. The van der Waals surface area contributed by atoms with E-state index in [9.17, 15) is 0 Å². The van der Waals surface area contributed by atoms with Gasteiger partial charge in [0, 0.05) is 24.4 Å². The molecule has 0 spiro atoms. The molecule has 108 valence electrons. The first-order valence-electron chi connectivity index (χ1n) is 7.18. The number of aromatic nitrogens is 1. The molecule has 0 saturated carbocycles. The summed E-state index contributed by atoms with van der Waals surface area (Å²) in [6, 6.07) is 24.2. The van der Waals surface area contributed by atoms with Crippen LogP contribution in [0.1, 0.15) is 16.8 Å². The molecular weight excluding hydrogens is 270 g/mol. The summed E-state index contributed by atoms with van der Waals surface area (Å²) in [5.41, 5.74) is 3.99. The Morgan fingerprint density at radius 3 is 1.91 bits per heavy atom. The van der Waals surface area contributed by atoms with E-state index in [1.54, 1.807) is 6.21 Å². The highest BCUT2D eigenvalue weighted by Gasteiger charge is 2.05. The van der Waals surface area contributed by atoms with Crippen molar-refractivity contribution >= 4 is 11.9 Å². The molecule has 0 fully saturated rings. The molecule has 0 aliphatic carbocycles. The van der Waals surface area contributed by atoms with Gasteiger partial charge < -0.3 is 4.57 Å². The third-order valence-corrected chi connectivity index (χ3v) is 3.43. The highest BCUT2D eigenvalue weighted by molar-refractivity contribution is 6.12. The lowest BCUT2D eigenvalue weighted by molar-refractivity contribution is 0.917. The standard InChI is InChI=1S/C19H17N3/c1-22-14-8-13-18(22)15-20-21-19(16-9-4-2-5-10-16)17-11-6-3-7-12-17/h2-15H,1H3. The molecule has 1 aromatic heterocycles. The van der Waals surface area contributed by atoms with Gasteiger partial charge in [0.05, 0.1) is 11.9 Å². The molecule has 0 unspecified atom stereocenters. The Bertz CT molecular complexity index is 742. The summed E-state index contributed by atoms with van der Waals surface area (Å²) in [6.45, 7) is 0. The molecule has 0 bridgehead atoms. The molecule has 0 radical (unpaired) electrons. The summed E-state index contributed by atoms with van der Waals surface area (Å²) < 4.78 is 2.00. The van der Waals surface area contributed by atoms with E-state index < -0.39 is 0 Å². The normalized spacial score (nSPS) is 10.8. The van der Waals surface area contributed by atoms with Crippen LogP contribution in [0.5, 0.6) is 0 Å². The lowest BCUT2D eigenvalue weighted by atomic mass is 10.0. The topological polar surface area (TPSA) is 29.6 Å². The maximum atomic E-state index is 4.45. The molecule has 0 aliphatic heterocycles. The van der Waals surface area contributed by atoms with Crippen molar-refractivity contribution in [3.63, 3.8) is 0 Å². The average Bonchev–Trinajstić information content (AvgIpc) is 2.98. The van der Waals surface area contributed by atoms with Gasteiger partial charge in [0.25, 0.3) is 0 Å². The molecule has 0 N–H and O–H groups in total. The maximum Gasteiger partial charge on any atom is 0.100 e. The second-order valence-electron chi connectivity index (χ2n) is 4.97. The van der Waals surface area contributed by atoms with Gasteiger partial charge in [-0.2, -0.15) is 5.10 Å². The fourth-order valence-electron chi connectivity index (χ4n) is 2.23. The summed E-state index contributed by atoms with van der Waals surface area (Å²) in [5.74, 6) is 0. The third kappa shape index (κ3) is 3.20. The number of nitrogens with zero attached hydrogens (tertiary/aromatic N) is 3. The minimum atomic E-state index is 0.867. The van der Waals surface area contributed by atoms with E-state index in [1.165, 1.54) is 0 Å². The fourth-order valence-corrected chi connectivity index (χ4v) is 2.23. The van der Waals surface area contributed by atoms with Crippen LogP contribution >= 0.6 is 0 Å². The van der Waals surface area contributed by atoms with E-state index in [1.807, 2.05) is 90.6 Å². The molecule has 0 aliphatic rings. The van der Waals surface area contributed by atoms with Crippen LogP contribution < -0.4 is 0 Å². The summed E-state index contributed by atoms with van der Waals surface area (Å²) in [5, 5.41) is 8.72. The Kier molecular flexibility index (Phi) is 4.25. The fraction of sp³-hybridized carbons (Fsp3) is 0.0526. The SMILES string of the molecule is Cn1cccc1C=NN=C(c1ccccc1)c1ccccc1. The van der Waals surface area contributed by atoms with Crippen molar-refractivity contribution in [2.45, 2.75) is 0 Å². The zero-order valence-electron chi connectivity index (χ0n) is 12.4. The van der Waals surface area contributed by atoms with E-state index in [0.29, 0.717) is 0 Å². The lowest BCUT2D eigenvalue weighted by Crippen LogP contribution is -2.02. The number of hydrogen-bond donors (Lipinski definition) is 0. The Balaban J connectivity index is 1.97. The van der Waals surface area contributed by atoms with Crippen LogP contribution in [0.2, 0.25) is 0 Å². The summed E-state index contributed by atoms with van der Waals surface area (Å²) >= 11 is 0. The summed E-state index contributed by atoms with van der Waals surface area (Å²) in [4.78, 5) is 0. The van der Waals surface area contributed by atoms with Crippen molar-refractivity contribution < 1.29 is 0 Å². The minimum Gasteiger partial charge on any atom is -0.350 e. The second-order valence-corrected chi connectivity index (χ2v) is 4.97. The summed E-state index contributed by atoms with van der Waals surface area (Å²) in [7, 11) is 1.99. The maximum absolute atomic E-state index is 4.45. The molecule has 0 atom stereocenters. The van der Waals surface area contributed by atoms with Gasteiger partial charge in [-0.15, -0.1) is 5.10 Å².